The minimum Gasteiger partial charge on any atom is -0.356 e. The molecule has 1 aromatic heterocycles. The topological polar surface area (TPSA) is 84.1 Å². The highest BCUT2D eigenvalue weighted by Crippen LogP contribution is 2.37. The third-order valence-corrected chi connectivity index (χ3v) is 5.31. The fourth-order valence-electron chi connectivity index (χ4n) is 3.83. The largest absolute Gasteiger partial charge is 0.356 e. The molecule has 6 heteroatoms. The van der Waals surface area contributed by atoms with Gasteiger partial charge in [-0.15, -0.1) is 0 Å². The Bertz CT molecular complexity index is 753. The lowest BCUT2D eigenvalue weighted by Crippen LogP contribution is -2.47. The summed E-state index contributed by atoms with van der Waals surface area (Å²) in [5.74, 6) is 1.53. The Labute approximate surface area is 141 Å². The number of rotatable bonds is 3. The third-order valence-electron chi connectivity index (χ3n) is 5.31. The zero-order chi connectivity index (χ0) is 16.6. The number of benzene rings is 1. The second-order valence-corrected chi connectivity index (χ2v) is 6.59. The van der Waals surface area contributed by atoms with E-state index in [1.54, 1.807) is 0 Å². The van der Waals surface area contributed by atoms with Gasteiger partial charge in [0.1, 0.15) is 18.0 Å². The molecule has 2 aliphatic heterocycles. The molecular formula is C18H21N5O. The molecule has 2 aromatic rings. The van der Waals surface area contributed by atoms with Crippen molar-refractivity contribution in [1.29, 1.82) is 0 Å². The molecule has 0 aliphatic carbocycles. The fraction of sp³-hybridized carbons (Fsp3) is 0.389. The highest BCUT2D eigenvalue weighted by Gasteiger charge is 2.36. The first-order valence-corrected chi connectivity index (χ1v) is 8.36. The number of nitrogens with one attached hydrogen (secondary N) is 1. The van der Waals surface area contributed by atoms with Crippen LogP contribution in [0.15, 0.2) is 36.7 Å². The first kappa shape index (κ1) is 15.1. The van der Waals surface area contributed by atoms with E-state index in [2.05, 4.69) is 44.5 Å². The standard InChI is InChI=1S/C18H21N5O/c19-11-18(13-4-2-1-3-5-13)6-8-23(9-7-18)17-14-10-15(24)22-16(14)20-12-21-17/h1-5,12H,6-11,19H2,(H,20,21,22,24). The highest BCUT2D eigenvalue weighted by molar-refractivity contribution is 5.99. The molecule has 124 valence electrons. The molecule has 2 aliphatic rings. The number of amides is 1. The number of fused-ring (bicyclic) bond motifs is 1. The number of piperidine rings is 1. The van der Waals surface area contributed by atoms with Gasteiger partial charge in [-0.3, -0.25) is 4.79 Å². The van der Waals surface area contributed by atoms with Crippen LogP contribution in [0.5, 0.6) is 0 Å². The number of hydrogen-bond donors (Lipinski definition) is 2. The van der Waals surface area contributed by atoms with Crippen LogP contribution in [0.25, 0.3) is 0 Å². The number of nitrogens with two attached hydrogens (primary N) is 1. The normalized spacial score (nSPS) is 19.0. The summed E-state index contributed by atoms with van der Waals surface area (Å²) in [4.78, 5) is 22.5. The summed E-state index contributed by atoms with van der Waals surface area (Å²) in [5.41, 5.74) is 8.43. The van der Waals surface area contributed by atoms with E-state index >= 15 is 0 Å². The maximum atomic E-state index is 11.7. The van der Waals surface area contributed by atoms with Crippen LogP contribution in [0, 0.1) is 0 Å². The van der Waals surface area contributed by atoms with Gasteiger partial charge in [-0.1, -0.05) is 30.3 Å². The Morgan fingerprint density at radius 2 is 1.92 bits per heavy atom. The predicted octanol–water partition coefficient (Wildman–Crippen LogP) is 1.47. The lowest BCUT2D eigenvalue weighted by molar-refractivity contribution is -0.115. The van der Waals surface area contributed by atoms with Gasteiger partial charge in [0.25, 0.3) is 0 Å². The minimum atomic E-state index is -0.00986. The summed E-state index contributed by atoms with van der Waals surface area (Å²) in [5, 5.41) is 2.79. The molecule has 0 bridgehead atoms. The van der Waals surface area contributed by atoms with Crippen LogP contribution in [0.1, 0.15) is 24.0 Å². The predicted molar refractivity (Wildman–Crippen MR) is 93.0 cm³/mol. The van der Waals surface area contributed by atoms with Gasteiger partial charge < -0.3 is 16.0 Å². The van der Waals surface area contributed by atoms with Crippen molar-refractivity contribution in [2.24, 2.45) is 5.73 Å². The van der Waals surface area contributed by atoms with Crippen LogP contribution in [-0.2, 0) is 16.6 Å². The summed E-state index contributed by atoms with van der Waals surface area (Å²) < 4.78 is 0. The van der Waals surface area contributed by atoms with E-state index in [9.17, 15) is 4.79 Å². The lowest BCUT2D eigenvalue weighted by atomic mass is 9.73. The van der Waals surface area contributed by atoms with E-state index in [0.29, 0.717) is 18.8 Å². The number of nitrogens with zero attached hydrogens (tertiary/aromatic N) is 3. The molecule has 0 atom stereocenters. The second-order valence-electron chi connectivity index (χ2n) is 6.59. The van der Waals surface area contributed by atoms with Gasteiger partial charge in [0, 0.05) is 30.6 Å². The van der Waals surface area contributed by atoms with Crippen molar-refractivity contribution in [3.63, 3.8) is 0 Å². The summed E-state index contributed by atoms with van der Waals surface area (Å²) in [6, 6.07) is 10.5. The molecule has 3 N–H and O–H groups in total. The minimum absolute atomic E-state index is 0.00986. The van der Waals surface area contributed by atoms with Crippen molar-refractivity contribution in [3.8, 4) is 0 Å². The zero-order valence-electron chi connectivity index (χ0n) is 13.5. The molecular weight excluding hydrogens is 302 g/mol. The maximum absolute atomic E-state index is 11.7. The van der Waals surface area contributed by atoms with Crippen LogP contribution in [0.4, 0.5) is 11.6 Å². The summed E-state index contributed by atoms with van der Waals surface area (Å²) >= 11 is 0. The van der Waals surface area contributed by atoms with Gasteiger partial charge in [0.05, 0.1) is 6.42 Å². The SMILES string of the molecule is NCC1(c2ccccc2)CCN(c2ncnc3c2CC(=O)N3)CC1. The molecule has 1 aromatic carbocycles. The van der Waals surface area contributed by atoms with Crippen LogP contribution in [0.2, 0.25) is 0 Å². The van der Waals surface area contributed by atoms with Crippen molar-refractivity contribution in [2.45, 2.75) is 24.7 Å². The second kappa shape index (κ2) is 5.87. The first-order chi connectivity index (χ1) is 11.7. The molecule has 0 radical (unpaired) electrons. The number of aromatic nitrogens is 2. The Hall–Kier alpha value is -2.47. The molecule has 0 unspecified atom stereocenters. The van der Waals surface area contributed by atoms with Crippen LogP contribution in [0.3, 0.4) is 0 Å². The van der Waals surface area contributed by atoms with E-state index in [1.807, 2.05) is 6.07 Å². The van der Waals surface area contributed by atoms with Gasteiger partial charge in [-0.25, -0.2) is 9.97 Å². The van der Waals surface area contributed by atoms with Crippen LogP contribution in [-0.4, -0.2) is 35.5 Å². The maximum Gasteiger partial charge on any atom is 0.230 e. The molecule has 1 amide bonds. The fourth-order valence-corrected chi connectivity index (χ4v) is 3.83. The van der Waals surface area contributed by atoms with Crippen molar-refractivity contribution in [3.05, 3.63) is 47.8 Å². The number of carbonyl (C=O) groups is 1. The van der Waals surface area contributed by atoms with Crippen molar-refractivity contribution in [2.75, 3.05) is 29.9 Å². The molecule has 24 heavy (non-hydrogen) atoms. The Morgan fingerprint density at radius 3 is 2.62 bits per heavy atom. The zero-order valence-corrected chi connectivity index (χ0v) is 13.5. The van der Waals surface area contributed by atoms with Crippen molar-refractivity contribution < 1.29 is 4.79 Å². The van der Waals surface area contributed by atoms with Gasteiger partial charge >= 0.3 is 0 Å². The third kappa shape index (κ3) is 2.43. The van der Waals surface area contributed by atoms with Crippen LogP contribution < -0.4 is 16.0 Å². The average Bonchev–Trinajstić information content (AvgIpc) is 3.03. The highest BCUT2D eigenvalue weighted by atomic mass is 16.1. The van der Waals surface area contributed by atoms with E-state index < -0.39 is 0 Å². The van der Waals surface area contributed by atoms with Gasteiger partial charge in [-0.2, -0.15) is 0 Å². The summed E-state index contributed by atoms with van der Waals surface area (Å²) in [7, 11) is 0. The van der Waals surface area contributed by atoms with Crippen molar-refractivity contribution >= 4 is 17.5 Å². The number of anilines is 2. The molecule has 4 rings (SSSR count). The number of carbonyl (C=O) groups excluding carboxylic acids is 1. The molecule has 3 heterocycles. The van der Waals surface area contributed by atoms with Gasteiger partial charge in [-0.05, 0) is 18.4 Å². The van der Waals surface area contributed by atoms with Crippen LogP contribution >= 0.6 is 0 Å². The number of hydrogen-bond acceptors (Lipinski definition) is 5. The first-order valence-electron chi connectivity index (χ1n) is 8.36. The smallest absolute Gasteiger partial charge is 0.230 e. The van der Waals surface area contributed by atoms with E-state index in [4.69, 9.17) is 5.73 Å². The average molecular weight is 323 g/mol. The van der Waals surface area contributed by atoms with E-state index in [-0.39, 0.29) is 11.3 Å². The molecule has 0 spiro atoms. The summed E-state index contributed by atoms with van der Waals surface area (Å²) in [6.45, 7) is 2.40. The Morgan fingerprint density at radius 1 is 1.17 bits per heavy atom. The van der Waals surface area contributed by atoms with E-state index in [0.717, 1.165) is 37.3 Å². The molecule has 1 fully saturated rings. The Balaban J connectivity index is 1.57. The monoisotopic (exact) mass is 323 g/mol. The quantitative estimate of drug-likeness (QED) is 0.893. The molecule has 6 nitrogen and oxygen atoms in total. The molecule has 1 saturated heterocycles. The van der Waals surface area contributed by atoms with Crippen molar-refractivity contribution in [1.82, 2.24) is 9.97 Å². The Kier molecular flexibility index (Phi) is 3.69. The van der Waals surface area contributed by atoms with E-state index in [1.165, 1.54) is 11.9 Å². The molecule has 0 saturated carbocycles. The van der Waals surface area contributed by atoms with Gasteiger partial charge in [0.2, 0.25) is 5.91 Å². The van der Waals surface area contributed by atoms with Gasteiger partial charge in [0.15, 0.2) is 0 Å². The lowest BCUT2D eigenvalue weighted by Gasteiger charge is -2.42. The summed E-state index contributed by atoms with van der Waals surface area (Å²) in [6.07, 6.45) is 3.85.